The van der Waals surface area contributed by atoms with Gasteiger partial charge in [-0.2, -0.15) is 0 Å². The number of carbonyl (C=O) groups is 1. The van der Waals surface area contributed by atoms with Crippen LogP contribution >= 0.6 is 11.6 Å². The summed E-state index contributed by atoms with van der Waals surface area (Å²) in [7, 11) is 0. The summed E-state index contributed by atoms with van der Waals surface area (Å²) < 4.78 is 5.70. The van der Waals surface area contributed by atoms with Gasteiger partial charge in [0.25, 0.3) is 0 Å². The Morgan fingerprint density at radius 1 is 1.50 bits per heavy atom. The number of piperidine rings is 1. The van der Waals surface area contributed by atoms with Crippen molar-refractivity contribution in [2.45, 2.75) is 32.3 Å². The fourth-order valence-corrected chi connectivity index (χ4v) is 2.35. The second-order valence-electron chi connectivity index (χ2n) is 4.89. The molecule has 1 aliphatic heterocycles. The van der Waals surface area contributed by atoms with Gasteiger partial charge in [0, 0.05) is 0 Å². The topological polar surface area (TPSA) is 63.2 Å². The third kappa shape index (κ3) is 4.74. The zero-order chi connectivity index (χ0) is 14.4. The highest BCUT2D eigenvalue weighted by Gasteiger charge is 2.14. The Labute approximate surface area is 124 Å². The van der Waals surface area contributed by atoms with Crippen molar-refractivity contribution in [3.8, 4) is 0 Å². The van der Waals surface area contributed by atoms with Crippen molar-refractivity contribution < 1.29 is 9.53 Å². The first kappa shape index (κ1) is 15.2. The van der Waals surface area contributed by atoms with Gasteiger partial charge in [0.05, 0.1) is 30.5 Å². The number of aromatic nitrogens is 1. The van der Waals surface area contributed by atoms with E-state index in [4.69, 9.17) is 16.3 Å². The van der Waals surface area contributed by atoms with Gasteiger partial charge in [0.15, 0.2) is 0 Å². The van der Waals surface area contributed by atoms with Crippen molar-refractivity contribution >= 4 is 23.2 Å². The molecule has 1 aromatic rings. The van der Waals surface area contributed by atoms with E-state index in [1.165, 1.54) is 0 Å². The first-order valence-corrected chi connectivity index (χ1v) is 7.28. The van der Waals surface area contributed by atoms with Gasteiger partial charge in [-0.1, -0.05) is 11.6 Å². The van der Waals surface area contributed by atoms with Gasteiger partial charge < -0.3 is 15.4 Å². The lowest BCUT2D eigenvalue weighted by Crippen LogP contribution is -2.33. The molecular formula is C14H20ClN3O2. The first-order valence-electron chi connectivity index (χ1n) is 6.90. The molecule has 1 saturated heterocycles. The zero-order valence-corrected chi connectivity index (χ0v) is 12.4. The number of nitrogens with one attached hydrogen (secondary N) is 2. The van der Waals surface area contributed by atoms with Gasteiger partial charge >= 0.3 is 0 Å². The summed E-state index contributed by atoms with van der Waals surface area (Å²) in [5, 5.41) is 6.53. The van der Waals surface area contributed by atoms with Crippen molar-refractivity contribution in [3.63, 3.8) is 0 Å². The molecule has 0 aliphatic carbocycles. The maximum Gasteiger partial charge on any atom is 0.226 e. The molecule has 2 N–H and O–H groups in total. The maximum atomic E-state index is 11.8. The molecule has 0 saturated carbocycles. The number of carbonyl (C=O) groups excluding carboxylic acids is 1. The number of nitrogens with zero attached hydrogens (tertiary/aromatic N) is 1. The summed E-state index contributed by atoms with van der Waals surface area (Å²) in [6, 6.07) is 3.42. The standard InChI is InChI=1S/C14H20ClN3O2/c1-10-12(2-3-13(15)17-10)18-14(19)6-9-20-11-4-7-16-8-5-11/h2-3,11,16H,4-9H2,1H3,(H,18,19). The van der Waals surface area contributed by atoms with Crippen molar-refractivity contribution in [3.05, 3.63) is 23.0 Å². The Kier molecular flexibility index (Phi) is 5.76. The Bertz CT molecular complexity index is 462. The van der Waals surface area contributed by atoms with Crippen LogP contribution in [0.3, 0.4) is 0 Å². The molecule has 0 bridgehead atoms. The number of pyridine rings is 1. The summed E-state index contributed by atoms with van der Waals surface area (Å²) in [6.45, 7) is 4.25. The van der Waals surface area contributed by atoms with Crippen molar-refractivity contribution in [2.75, 3.05) is 25.0 Å². The minimum absolute atomic E-state index is 0.0637. The van der Waals surface area contributed by atoms with Crippen LogP contribution in [0.25, 0.3) is 0 Å². The highest BCUT2D eigenvalue weighted by molar-refractivity contribution is 6.29. The lowest BCUT2D eigenvalue weighted by molar-refractivity contribution is -0.117. The number of halogens is 1. The van der Waals surface area contributed by atoms with Gasteiger partial charge in [-0.3, -0.25) is 4.79 Å². The quantitative estimate of drug-likeness (QED) is 0.818. The molecule has 1 amide bonds. The molecule has 2 rings (SSSR count). The molecule has 20 heavy (non-hydrogen) atoms. The van der Waals surface area contributed by atoms with Gasteiger partial charge in [-0.05, 0) is 45.0 Å². The monoisotopic (exact) mass is 297 g/mol. The third-order valence-corrected chi connectivity index (χ3v) is 3.51. The lowest BCUT2D eigenvalue weighted by atomic mass is 10.1. The van der Waals surface area contributed by atoms with Gasteiger partial charge in [0.2, 0.25) is 5.91 Å². The summed E-state index contributed by atoms with van der Waals surface area (Å²) in [4.78, 5) is 15.9. The van der Waals surface area contributed by atoms with E-state index in [2.05, 4.69) is 15.6 Å². The fraction of sp³-hybridized carbons (Fsp3) is 0.571. The minimum Gasteiger partial charge on any atom is -0.378 e. The van der Waals surface area contributed by atoms with Gasteiger partial charge in [0.1, 0.15) is 5.15 Å². The average Bonchev–Trinajstić information content (AvgIpc) is 2.43. The average molecular weight is 298 g/mol. The Hall–Kier alpha value is -1.17. The molecule has 6 heteroatoms. The molecule has 1 fully saturated rings. The van der Waals surface area contributed by atoms with Crippen LogP contribution in [0, 0.1) is 6.92 Å². The molecule has 110 valence electrons. The Morgan fingerprint density at radius 3 is 2.95 bits per heavy atom. The fourth-order valence-electron chi connectivity index (χ4n) is 2.16. The van der Waals surface area contributed by atoms with Crippen LogP contribution in [0.2, 0.25) is 5.15 Å². The van der Waals surface area contributed by atoms with E-state index in [1.807, 2.05) is 6.92 Å². The maximum absolute atomic E-state index is 11.8. The molecule has 2 heterocycles. The van der Waals surface area contributed by atoms with E-state index in [1.54, 1.807) is 12.1 Å². The van der Waals surface area contributed by atoms with Crippen LogP contribution in [0.5, 0.6) is 0 Å². The highest BCUT2D eigenvalue weighted by atomic mass is 35.5. The molecule has 1 aromatic heterocycles. The molecular weight excluding hydrogens is 278 g/mol. The summed E-state index contributed by atoms with van der Waals surface area (Å²) in [5.74, 6) is -0.0637. The molecule has 1 aliphatic rings. The lowest BCUT2D eigenvalue weighted by Gasteiger charge is -2.22. The number of hydrogen-bond donors (Lipinski definition) is 2. The number of amides is 1. The molecule has 0 unspecified atom stereocenters. The van der Waals surface area contributed by atoms with Crippen molar-refractivity contribution in [1.82, 2.24) is 10.3 Å². The van der Waals surface area contributed by atoms with Crippen LogP contribution in [0.1, 0.15) is 25.0 Å². The third-order valence-electron chi connectivity index (χ3n) is 3.29. The van der Waals surface area contributed by atoms with Crippen LogP contribution < -0.4 is 10.6 Å². The molecule has 5 nitrogen and oxygen atoms in total. The van der Waals surface area contributed by atoms with Crippen LogP contribution in [0.4, 0.5) is 5.69 Å². The highest BCUT2D eigenvalue weighted by Crippen LogP contribution is 2.16. The zero-order valence-electron chi connectivity index (χ0n) is 11.6. The number of aryl methyl sites for hydroxylation is 1. The van der Waals surface area contributed by atoms with E-state index in [0.29, 0.717) is 29.6 Å². The number of ether oxygens (including phenoxy) is 1. The Balaban J connectivity index is 1.72. The normalized spacial score (nSPS) is 16.1. The minimum atomic E-state index is -0.0637. The summed E-state index contributed by atoms with van der Waals surface area (Å²) >= 11 is 5.77. The van der Waals surface area contributed by atoms with Gasteiger partial charge in [-0.15, -0.1) is 0 Å². The van der Waals surface area contributed by atoms with Crippen LogP contribution in [0.15, 0.2) is 12.1 Å². The SMILES string of the molecule is Cc1nc(Cl)ccc1NC(=O)CCOC1CCNCC1. The van der Waals surface area contributed by atoms with E-state index in [0.717, 1.165) is 25.9 Å². The molecule has 0 aromatic carbocycles. The van der Waals surface area contributed by atoms with E-state index >= 15 is 0 Å². The number of rotatable bonds is 5. The number of anilines is 1. The molecule has 0 radical (unpaired) electrons. The first-order chi connectivity index (χ1) is 9.65. The van der Waals surface area contributed by atoms with Gasteiger partial charge in [-0.25, -0.2) is 4.98 Å². The van der Waals surface area contributed by atoms with Crippen LogP contribution in [-0.4, -0.2) is 36.7 Å². The second kappa shape index (κ2) is 7.57. The molecule has 0 atom stereocenters. The van der Waals surface area contributed by atoms with Crippen molar-refractivity contribution in [1.29, 1.82) is 0 Å². The second-order valence-corrected chi connectivity index (χ2v) is 5.27. The number of hydrogen-bond acceptors (Lipinski definition) is 4. The Morgan fingerprint density at radius 2 is 2.25 bits per heavy atom. The van der Waals surface area contributed by atoms with Crippen LogP contribution in [-0.2, 0) is 9.53 Å². The summed E-state index contributed by atoms with van der Waals surface area (Å²) in [6.07, 6.45) is 2.67. The van der Waals surface area contributed by atoms with E-state index in [9.17, 15) is 4.79 Å². The molecule has 0 spiro atoms. The predicted molar refractivity (Wildman–Crippen MR) is 79.1 cm³/mol. The van der Waals surface area contributed by atoms with E-state index < -0.39 is 0 Å². The van der Waals surface area contributed by atoms with Crippen molar-refractivity contribution in [2.24, 2.45) is 0 Å². The van der Waals surface area contributed by atoms with E-state index in [-0.39, 0.29) is 12.0 Å². The summed E-state index contributed by atoms with van der Waals surface area (Å²) in [5.41, 5.74) is 1.41. The smallest absolute Gasteiger partial charge is 0.226 e. The predicted octanol–water partition coefficient (Wildman–Crippen LogP) is 2.14. The largest absolute Gasteiger partial charge is 0.378 e.